The van der Waals surface area contributed by atoms with Crippen molar-refractivity contribution in [1.82, 2.24) is 10.2 Å². The number of thiocarbonyl (C=S) groups is 1. The zero-order valence-corrected chi connectivity index (χ0v) is 8.56. The smallest absolute Gasteiger partial charge is 0.225 e. The molecule has 1 aliphatic heterocycles. The first-order chi connectivity index (χ1) is 6.20. The molecule has 72 valence electrons. The Morgan fingerprint density at radius 1 is 1.54 bits per heavy atom. The van der Waals surface area contributed by atoms with E-state index in [1.54, 1.807) is 11.8 Å². The minimum Gasteiger partial charge on any atom is -0.357 e. The maximum Gasteiger partial charge on any atom is 0.225 e. The molecule has 1 heterocycles. The van der Waals surface area contributed by atoms with Gasteiger partial charge in [0.1, 0.15) is 0 Å². The second-order valence-corrected chi connectivity index (χ2v) is 4.18. The van der Waals surface area contributed by atoms with Gasteiger partial charge in [-0.25, -0.2) is 0 Å². The van der Waals surface area contributed by atoms with Crippen molar-refractivity contribution in [3.8, 4) is 0 Å². The van der Waals surface area contributed by atoms with Gasteiger partial charge in [0.05, 0.1) is 6.04 Å². The van der Waals surface area contributed by atoms with Gasteiger partial charge in [-0.1, -0.05) is 12.8 Å². The molecule has 1 aliphatic carbocycles. The van der Waals surface area contributed by atoms with E-state index in [0.29, 0.717) is 17.2 Å². The molecule has 2 atom stereocenters. The Balaban J connectivity index is 2.18. The van der Waals surface area contributed by atoms with Crippen molar-refractivity contribution >= 4 is 23.2 Å². The van der Waals surface area contributed by atoms with Gasteiger partial charge in [0, 0.05) is 13.0 Å². The molecule has 2 fully saturated rings. The van der Waals surface area contributed by atoms with Gasteiger partial charge in [-0.15, -0.1) is 0 Å². The van der Waals surface area contributed by atoms with E-state index in [2.05, 4.69) is 5.32 Å². The summed E-state index contributed by atoms with van der Waals surface area (Å²) in [6, 6.07) is 0.754. The van der Waals surface area contributed by atoms with E-state index in [1.165, 1.54) is 12.8 Å². The highest BCUT2D eigenvalue weighted by atomic mass is 32.1. The van der Waals surface area contributed by atoms with Gasteiger partial charge in [0.25, 0.3) is 0 Å². The molecule has 0 bridgehead atoms. The summed E-state index contributed by atoms with van der Waals surface area (Å²) in [6.07, 6.45) is 4.71. The zero-order chi connectivity index (χ0) is 9.42. The Labute approximate surface area is 83.5 Å². The third-order valence-electron chi connectivity index (χ3n) is 2.93. The lowest BCUT2D eigenvalue weighted by atomic mass is 9.91. The third-order valence-corrected chi connectivity index (χ3v) is 3.24. The molecule has 2 rings (SSSR count). The summed E-state index contributed by atoms with van der Waals surface area (Å²) >= 11 is 5.13. The number of nitrogens with zero attached hydrogens (tertiary/aromatic N) is 1. The summed E-state index contributed by atoms with van der Waals surface area (Å²) in [4.78, 5) is 13.1. The molecule has 13 heavy (non-hydrogen) atoms. The topological polar surface area (TPSA) is 32.3 Å². The van der Waals surface area contributed by atoms with E-state index >= 15 is 0 Å². The van der Waals surface area contributed by atoms with Crippen molar-refractivity contribution in [2.45, 2.75) is 44.7 Å². The lowest BCUT2D eigenvalue weighted by molar-refractivity contribution is -0.126. The van der Waals surface area contributed by atoms with E-state index in [1.807, 2.05) is 0 Å². The molecule has 1 saturated heterocycles. The summed E-state index contributed by atoms with van der Waals surface area (Å²) in [5.74, 6) is 0.0758. The minimum atomic E-state index is 0.0758. The van der Waals surface area contributed by atoms with Gasteiger partial charge in [-0.3, -0.25) is 9.69 Å². The molecule has 1 amide bonds. The highest BCUT2D eigenvalue weighted by Gasteiger charge is 2.40. The first kappa shape index (κ1) is 8.94. The maximum absolute atomic E-state index is 11.3. The van der Waals surface area contributed by atoms with Crippen LogP contribution in [0.1, 0.15) is 32.6 Å². The fourth-order valence-electron chi connectivity index (χ4n) is 2.34. The Kier molecular flexibility index (Phi) is 2.24. The molecule has 0 aromatic rings. The number of hydrogen-bond donors (Lipinski definition) is 1. The van der Waals surface area contributed by atoms with Gasteiger partial charge in [0.2, 0.25) is 5.91 Å². The molecule has 4 heteroatoms. The van der Waals surface area contributed by atoms with Crippen molar-refractivity contribution in [2.75, 3.05) is 0 Å². The number of carbonyl (C=O) groups excluding carboxylic acids is 1. The van der Waals surface area contributed by atoms with Crippen LogP contribution in [-0.4, -0.2) is 28.0 Å². The maximum atomic E-state index is 11.3. The molecular weight excluding hydrogens is 184 g/mol. The molecule has 1 saturated carbocycles. The summed E-state index contributed by atoms with van der Waals surface area (Å²) < 4.78 is 0. The summed E-state index contributed by atoms with van der Waals surface area (Å²) in [5, 5.41) is 3.85. The monoisotopic (exact) mass is 198 g/mol. The van der Waals surface area contributed by atoms with E-state index in [9.17, 15) is 4.79 Å². The molecule has 0 unspecified atom stereocenters. The van der Waals surface area contributed by atoms with E-state index in [4.69, 9.17) is 12.2 Å². The predicted octanol–water partition coefficient (Wildman–Crippen LogP) is 1.03. The van der Waals surface area contributed by atoms with Crippen LogP contribution in [-0.2, 0) is 4.79 Å². The Morgan fingerprint density at radius 3 is 2.92 bits per heavy atom. The van der Waals surface area contributed by atoms with Crippen LogP contribution in [0.5, 0.6) is 0 Å². The highest BCUT2D eigenvalue weighted by Crippen LogP contribution is 2.27. The number of nitrogens with one attached hydrogen (secondary N) is 1. The standard InChI is InChI=1S/C9H14N2OS/c1-6(12)11-8-5-3-2-4-7(8)10-9(11)13/h7-8H,2-5H2,1H3,(H,10,13)/t7-,8-/m1/s1. The fourth-order valence-corrected chi connectivity index (χ4v) is 2.76. The largest absolute Gasteiger partial charge is 0.357 e. The van der Waals surface area contributed by atoms with Crippen molar-refractivity contribution in [3.05, 3.63) is 0 Å². The Hall–Kier alpha value is -0.640. The van der Waals surface area contributed by atoms with Crippen LogP contribution in [0.3, 0.4) is 0 Å². The number of amides is 1. The van der Waals surface area contributed by atoms with Gasteiger partial charge < -0.3 is 5.32 Å². The van der Waals surface area contributed by atoms with Crippen molar-refractivity contribution < 1.29 is 4.79 Å². The zero-order valence-electron chi connectivity index (χ0n) is 7.75. The SMILES string of the molecule is CC(=O)N1C(=S)N[C@@H]2CCCC[C@H]21. The van der Waals surface area contributed by atoms with Crippen molar-refractivity contribution in [2.24, 2.45) is 0 Å². The second-order valence-electron chi connectivity index (χ2n) is 3.80. The second kappa shape index (κ2) is 3.25. The normalized spacial score (nSPS) is 32.7. The van der Waals surface area contributed by atoms with E-state index < -0.39 is 0 Å². The van der Waals surface area contributed by atoms with Crippen LogP contribution in [0.2, 0.25) is 0 Å². The first-order valence-corrected chi connectivity index (χ1v) is 5.21. The summed E-state index contributed by atoms with van der Waals surface area (Å²) in [7, 11) is 0. The third kappa shape index (κ3) is 1.43. The van der Waals surface area contributed by atoms with E-state index in [0.717, 1.165) is 12.8 Å². The van der Waals surface area contributed by atoms with Crippen LogP contribution >= 0.6 is 12.2 Å². The summed E-state index contributed by atoms with van der Waals surface area (Å²) in [6.45, 7) is 1.59. The van der Waals surface area contributed by atoms with Crippen molar-refractivity contribution in [3.63, 3.8) is 0 Å². The Bertz CT molecular complexity index is 254. The predicted molar refractivity (Wildman–Crippen MR) is 54.3 cm³/mol. The molecule has 0 spiro atoms. The van der Waals surface area contributed by atoms with Crippen molar-refractivity contribution in [1.29, 1.82) is 0 Å². The lowest BCUT2D eigenvalue weighted by Gasteiger charge is -2.28. The highest BCUT2D eigenvalue weighted by molar-refractivity contribution is 7.80. The molecule has 3 nitrogen and oxygen atoms in total. The average Bonchev–Trinajstić information content (AvgIpc) is 2.39. The number of fused-ring (bicyclic) bond motifs is 1. The van der Waals surface area contributed by atoms with Crippen LogP contribution in [0.15, 0.2) is 0 Å². The average molecular weight is 198 g/mol. The number of hydrogen-bond acceptors (Lipinski definition) is 2. The molecule has 2 aliphatic rings. The Morgan fingerprint density at radius 2 is 2.23 bits per heavy atom. The molecular formula is C9H14N2OS. The fraction of sp³-hybridized carbons (Fsp3) is 0.778. The lowest BCUT2D eigenvalue weighted by Crippen LogP contribution is -2.41. The first-order valence-electron chi connectivity index (χ1n) is 4.80. The van der Waals surface area contributed by atoms with E-state index in [-0.39, 0.29) is 5.91 Å². The van der Waals surface area contributed by atoms with Crippen LogP contribution in [0.4, 0.5) is 0 Å². The number of rotatable bonds is 0. The molecule has 0 aromatic heterocycles. The molecule has 0 aromatic carbocycles. The van der Waals surface area contributed by atoms with Gasteiger partial charge in [-0.2, -0.15) is 0 Å². The minimum absolute atomic E-state index is 0.0758. The molecule has 0 radical (unpaired) electrons. The van der Waals surface area contributed by atoms with Crippen LogP contribution < -0.4 is 5.32 Å². The molecule has 1 N–H and O–H groups in total. The van der Waals surface area contributed by atoms with Gasteiger partial charge in [-0.05, 0) is 25.1 Å². The van der Waals surface area contributed by atoms with Crippen LogP contribution in [0, 0.1) is 0 Å². The summed E-state index contributed by atoms with van der Waals surface area (Å²) in [5.41, 5.74) is 0. The van der Waals surface area contributed by atoms with Gasteiger partial charge in [0.15, 0.2) is 5.11 Å². The van der Waals surface area contributed by atoms with Gasteiger partial charge >= 0.3 is 0 Å². The quantitative estimate of drug-likeness (QED) is 0.590. The number of carbonyl (C=O) groups is 1. The van der Waals surface area contributed by atoms with Crippen LogP contribution in [0.25, 0.3) is 0 Å².